The zero-order valence-electron chi connectivity index (χ0n) is 15.7. The van der Waals surface area contributed by atoms with Gasteiger partial charge in [-0.05, 0) is 75.4 Å². The molecule has 0 radical (unpaired) electrons. The van der Waals surface area contributed by atoms with Crippen molar-refractivity contribution >= 4 is 5.91 Å². The minimum Gasteiger partial charge on any atom is -0.494 e. The Kier molecular flexibility index (Phi) is 6.35. The molecule has 0 N–H and O–H groups in total. The zero-order chi connectivity index (χ0) is 17.6. The SMILES string of the molecule is CC(C)CCOc1ccc(C(=O)N2CCC(N3CCCC3)CC2)cc1. The van der Waals surface area contributed by atoms with Crippen LogP contribution < -0.4 is 4.74 Å². The summed E-state index contributed by atoms with van der Waals surface area (Å²) in [5, 5.41) is 0. The number of carbonyl (C=O) groups excluding carboxylic acids is 1. The predicted octanol–water partition coefficient (Wildman–Crippen LogP) is 3.81. The molecule has 3 rings (SSSR count). The third-order valence-corrected chi connectivity index (χ3v) is 5.47. The molecule has 1 aromatic carbocycles. The van der Waals surface area contributed by atoms with E-state index in [0.717, 1.165) is 50.3 Å². The van der Waals surface area contributed by atoms with Crippen LogP contribution in [0.25, 0.3) is 0 Å². The van der Waals surface area contributed by atoms with E-state index in [1.165, 1.54) is 25.9 Å². The normalized spacial score (nSPS) is 19.6. The van der Waals surface area contributed by atoms with Crippen molar-refractivity contribution in [2.45, 2.75) is 52.0 Å². The van der Waals surface area contributed by atoms with Gasteiger partial charge in [0.15, 0.2) is 0 Å². The van der Waals surface area contributed by atoms with E-state index >= 15 is 0 Å². The minimum absolute atomic E-state index is 0.161. The van der Waals surface area contributed by atoms with Gasteiger partial charge in [0, 0.05) is 24.7 Å². The lowest BCUT2D eigenvalue weighted by atomic mass is 10.0. The number of amides is 1. The summed E-state index contributed by atoms with van der Waals surface area (Å²) in [5.74, 6) is 1.66. The second kappa shape index (κ2) is 8.70. The van der Waals surface area contributed by atoms with Gasteiger partial charge in [-0.15, -0.1) is 0 Å². The van der Waals surface area contributed by atoms with Crippen LogP contribution in [0, 0.1) is 5.92 Å². The highest BCUT2D eigenvalue weighted by Crippen LogP contribution is 2.22. The molecule has 0 atom stereocenters. The molecule has 4 heteroatoms. The van der Waals surface area contributed by atoms with Crippen molar-refractivity contribution in [2.75, 3.05) is 32.8 Å². The molecule has 0 aromatic heterocycles. The van der Waals surface area contributed by atoms with E-state index in [1.807, 2.05) is 29.2 Å². The van der Waals surface area contributed by atoms with E-state index in [1.54, 1.807) is 0 Å². The zero-order valence-corrected chi connectivity index (χ0v) is 15.7. The van der Waals surface area contributed by atoms with Crippen LogP contribution in [0.5, 0.6) is 5.75 Å². The standard InChI is InChI=1S/C21H32N2O2/c1-17(2)11-16-25-20-7-5-18(6-8-20)21(24)23-14-9-19(10-15-23)22-12-3-4-13-22/h5-8,17,19H,3-4,9-16H2,1-2H3. The lowest BCUT2D eigenvalue weighted by Gasteiger charge is -2.36. The van der Waals surface area contributed by atoms with Crippen molar-refractivity contribution in [3.05, 3.63) is 29.8 Å². The third-order valence-electron chi connectivity index (χ3n) is 5.47. The molecular formula is C21H32N2O2. The third kappa shape index (κ3) is 4.97. The average molecular weight is 344 g/mol. The molecule has 0 aliphatic carbocycles. The average Bonchev–Trinajstić information content (AvgIpc) is 3.16. The predicted molar refractivity (Wildman–Crippen MR) is 101 cm³/mol. The molecule has 0 spiro atoms. The summed E-state index contributed by atoms with van der Waals surface area (Å²) >= 11 is 0. The van der Waals surface area contributed by atoms with Gasteiger partial charge in [-0.2, -0.15) is 0 Å². The molecule has 0 saturated carbocycles. The molecular weight excluding hydrogens is 312 g/mol. The summed E-state index contributed by atoms with van der Waals surface area (Å²) in [7, 11) is 0. The molecule has 2 aliphatic heterocycles. The highest BCUT2D eigenvalue weighted by Gasteiger charge is 2.28. The first-order chi connectivity index (χ1) is 12.1. The Labute approximate surface area is 152 Å². The van der Waals surface area contributed by atoms with Gasteiger partial charge in [-0.3, -0.25) is 4.79 Å². The van der Waals surface area contributed by atoms with E-state index in [9.17, 15) is 4.79 Å². The summed E-state index contributed by atoms with van der Waals surface area (Å²) in [6.07, 6.45) is 5.95. The van der Waals surface area contributed by atoms with Crippen LogP contribution in [0.15, 0.2) is 24.3 Å². The Morgan fingerprint density at radius 1 is 1.08 bits per heavy atom. The summed E-state index contributed by atoms with van der Waals surface area (Å²) in [4.78, 5) is 17.3. The summed E-state index contributed by atoms with van der Waals surface area (Å²) in [5.41, 5.74) is 0.774. The van der Waals surface area contributed by atoms with Crippen LogP contribution >= 0.6 is 0 Å². The van der Waals surface area contributed by atoms with Crippen molar-refractivity contribution in [1.82, 2.24) is 9.80 Å². The van der Waals surface area contributed by atoms with Gasteiger partial charge >= 0.3 is 0 Å². The monoisotopic (exact) mass is 344 g/mol. The van der Waals surface area contributed by atoms with Crippen molar-refractivity contribution in [1.29, 1.82) is 0 Å². The van der Waals surface area contributed by atoms with Crippen LogP contribution in [-0.4, -0.2) is 54.5 Å². The molecule has 2 heterocycles. The Morgan fingerprint density at radius 3 is 2.32 bits per heavy atom. The fourth-order valence-corrected chi connectivity index (χ4v) is 3.83. The smallest absolute Gasteiger partial charge is 0.253 e. The highest BCUT2D eigenvalue weighted by molar-refractivity contribution is 5.94. The summed E-state index contributed by atoms with van der Waals surface area (Å²) in [6.45, 7) is 9.37. The molecule has 138 valence electrons. The number of benzene rings is 1. The topological polar surface area (TPSA) is 32.8 Å². The Bertz CT molecular complexity index is 542. The first kappa shape index (κ1) is 18.2. The van der Waals surface area contributed by atoms with Crippen LogP contribution in [-0.2, 0) is 0 Å². The number of hydrogen-bond acceptors (Lipinski definition) is 3. The second-order valence-corrected chi connectivity index (χ2v) is 7.82. The van der Waals surface area contributed by atoms with Crippen LogP contribution in [0.2, 0.25) is 0 Å². The maximum atomic E-state index is 12.7. The molecule has 2 fully saturated rings. The first-order valence-corrected chi connectivity index (χ1v) is 9.89. The van der Waals surface area contributed by atoms with Crippen LogP contribution in [0.4, 0.5) is 0 Å². The lowest BCUT2D eigenvalue weighted by molar-refractivity contribution is 0.0644. The van der Waals surface area contributed by atoms with E-state index in [-0.39, 0.29) is 5.91 Å². The van der Waals surface area contributed by atoms with Gasteiger partial charge in [0.05, 0.1) is 6.61 Å². The number of rotatable bonds is 6. The largest absolute Gasteiger partial charge is 0.494 e. The van der Waals surface area contributed by atoms with E-state index in [4.69, 9.17) is 4.74 Å². The number of hydrogen-bond donors (Lipinski definition) is 0. The number of ether oxygens (including phenoxy) is 1. The molecule has 2 saturated heterocycles. The Balaban J connectivity index is 1.48. The minimum atomic E-state index is 0.161. The summed E-state index contributed by atoms with van der Waals surface area (Å²) in [6, 6.07) is 8.33. The summed E-state index contributed by atoms with van der Waals surface area (Å²) < 4.78 is 5.74. The van der Waals surface area contributed by atoms with Gasteiger partial charge < -0.3 is 14.5 Å². The van der Waals surface area contributed by atoms with E-state index in [2.05, 4.69) is 18.7 Å². The second-order valence-electron chi connectivity index (χ2n) is 7.82. The molecule has 25 heavy (non-hydrogen) atoms. The van der Waals surface area contributed by atoms with Gasteiger partial charge in [-0.25, -0.2) is 0 Å². The fourth-order valence-electron chi connectivity index (χ4n) is 3.83. The van der Waals surface area contributed by atoms with Crippen molar-refractivity contribution in [2.24, 2.45) is 5.92 Å². The van der Waals surface area contributed by atoms with E-state index < -0.39 is 0 Å². The first-order valence-electron chi connectivity index (χ1n) is 9.89. The molecule has 1 aromatic rings. The number of carbonyl (C=O) groups is 1. The van der Waals surface area contributed by atoms with E-state index in [0.29, 0.717) is 12.0 Å². The molecule has 2 aliphatic rings. The van der Waals surface area contributed by atoms with Crippen molar-refractivity contribution in [3.8, 4) is 5.75 Å². The van der Waals surface area contributed by atoms with Crippen LogP contribution in [0.1, 0.15) is 56.3 Å². The fraction of sp³-hybridized carbons (Fsp3) is 0.667. The van der Waals surface area contributed by atoms with Gasteiger partial charge in [0.2, 0.25) is 0 Å². The highest BCUT2D eigenvalue weighted by atomic mass is 16.5. The lowest BCUT2D eigenvalue weighted by Crippen LogP contribution is -2.45. The Hall–Kier alpha value is -1.55. The molecule has 1 amide bonds. The van der Waals surface area contributed by atoms with Crippen molar-refractivity contribution < 1.29 is 9.53 Å². The quantitative estimate of drug-likeness (QED) is 0.787. The van der Waals surface area contributed by atoms with Crippen LogP contribution in [0.3, 0.4) is 0 Å². The molecule has 4 nitrogen and oxygen atoms in total. The molecule has 0 unspecified atom stereocenters. The number of piperidine rings is 1. The maximum absolute atomic E-state index is 12.7. The number of likely N-dealkylation sites (tertiary alicyclic amines) is 2. The van der Waals surface area contributed by atoms with Gasteiger partial charge in [-0.1, -0.05) is 13.8 Å². The van der Waals surface area contributed by atoms with Gasteiger partial charge in [0.1, 0.15) is 5.75 Å². The number of nitrogens with zero attached hydrogens (tertiary/aromatic N) is 2. The van der Waals surface area contributed by atoms with Crippen molar-refractivity contribution in [3.63, 3.8) is 0 Å². The van der Waals surface area contributed by atoms with Gasteiger partial charge in [0.25, 0.3) is 5.91 Å². The molecule has 0 bridgehead atoms. The maximum Gasteiger partial charge on any atom is 0.253 e. The Morgan fingerprint density at radius 2 is 1.72 bits per heavy atom.